The SMILES string of the molecule is CCOC(=O)[C@H](CCCCCCn1ccnc1)C(C)=O. The van der Waals surface area contributed by atoms with Crippen molar-refractivity contribution >= 4 is 11.8 Å². The van der Waals surface area contributed by atoms with Gasteiger partial charge in [0.05, 0.1) is 12.9 Å². The smallest absolute Gasteiger partial charge is 0.316 e. The van der Waals surface area contributed by atoms with E-state index in [4.69, 9.17) is 4.74 Å². The number of carbonyl (C=O) groups excluding carboxylic acids is 2. The number of nitrogens with zero attached hydrogens (tertiary/aromatic N) is 2. The monoisotopic (exact) mass is 280 g/mol. The van der Waals surface area contributed by atoms with Gasteiger partial charge in [0.15, 0.2) is 0 Å². The quantitative estimate of drug-likeness (QED) is 0.375. The molecule has 1 aromatic rings. The summed E-state index contributed by atoms with van der Waals surface area (Å²) < 4.78 is 6.97. The topological polar surface area (TPSA) is 61.2 Å². The number of aromatic nitrogens is 2. The minimum absolute atomic E-state index is 0.0955. The van der Waals surface area contributed by atoms with Crippen molar-refractivity contribution in [2.24, 2.45) is 5.92 Å². The molecule has 5 nitrogen and oxygen atoms in total. The molecule has 0 N–H and O–H groups in total. The number of rotatable bonds is 10. The molecule has 0 aliphatic carbocycles. The Balaban J connectivity index is 2.14. The van der Waals surface area contributed by atoms with E-state index < -0.39 is 5.92 Å². The molecule has 1 aromatic heterocycles. The van der Waals surface area contributed by atoms with Gasteiger partial charge in [0.25, 0.3) is 0 Å². The first-order chi connectivity index (χ1) is 9.65. The Hall–Kier alpha value is -1.65. The van der Waals surface area contributed by atoms with Crippen molar-refractivity contribution in [2.75, 3.05) is 6.61 Å². The van der Waals surface area contributed by atoms with Crippen LogP contribution in [0.25, 0.3) is 0 Å². The Bertz CT molecular complexity index is 401. The lowest BCUT2D eigenvalue weighted by Gasteiger charge is -2.12. The molecule has 1 atom stereocenters. The number of aryl methyl sites for hydroxylation is 1. The van der Waals surface area contributed by atoms with E-state index in [1.165, 1.54) is 6.92 Å². The minimum atomic E-state index is -0.580. The molecule has 112 valence electrons. The maximum Gasteiger partial charge on any atom is 0.316 e. The molecule has 20 heavy (non-hydrogen) atoms. The zero-order chi connectivity index (χ0) is 14.8. The van der Waals surface area contributed by atoms with Gasteiger partial charge in [0.1, 0.15) is 11.7 Å². The first kappa shape index (κ1) is 16.4. The van der Waals surface area contributed by atoms with Gasteiger partial charge in [0.2, 0.25) is 0 Å². The maximum absolute atomic E-state index is 11.6. The third-order valence-electron chi connectivity index (χ3n) is 3.28. The molecule has 0 amide bonds. The Morgan fingerprint density at radius 2 is 2.00 bits per heavy atom. The van der Waals surface area contributed by atoms with Crippen LogP contribution in [0.2, 0.25) is 0 Å². The van der Waals surface area contributed by atoms with Gasteiger partial charge in [0, 0.05) is 18.9 Å². The molecule has 0 bridgehead atoms. The van der Waals surface area contributed by atoms with E-state index >= 15 is 0 Å². The van der Waals surface area contributed by atoms with Gasteiger partial charge in [-0.25, -0.2) is 4.98 Å². The zero-order valence-electron chi connectivity index (χ0n) is 12.4. The molecule has 0 spiro atoms. The molecule has 0 saturated heterocycles. The summed E-state index contributed by atoms with van der Waals surface area (Å²) in [6, 6.07) is 0. The molecule has 1 rings (SSSR count). The Labute approximate surface area is 120 Å². The van der Waals surface area contributed by atoms with Crippen LogP contribution in [0.15, 0.2) is 18.7 Å². The van der Waals surface area contributed by atoms with E-state index in [2.05, 4.69) is 9.55 Å². The summed E-state index contributed by atoms with van der Waals surface area (Å²) in [6.07, 6.45) is 10.2. The summed E-state index contributed by atoms with van der Waals surface area (Å²) >= 11 is 0. The predicted octanol–water partition coefficient (Wildman–Crippen LogP) is 2.60. The first-order valence-electron chi connectivity index (χ1n) is 7.28. The molecule has 0 aliphatic rings. The number of ether oxygens (including phenoxy) is 1. The molecule has 0 aromatic carbocycles. The number of ketones is 1. The highest BCUT2D eigenvalue weighted by atomic mass is 16.5. The fraction of sp³-hybridized carbons (Fsp3) is 0.667. The zero-order valence-corrected chi connectivity index (χ0v) is 12.4. The molecule has 0 aliphatic heterocycles. The summed E-state index contributed by atoms with van der Waals surface area (Å²) in [5.74, 6) is -1.05. The third kappa shape index (κ3) is 5.99. The van der Waals surface area contributed by atoms with Gasteiger partial charge < -0.3 is 9.30 Å². The second-order valence-corrected chi connectivity index (χ2v) is 4.92. The molecule has 0 radical (unpaired) electrons. The fourth-order valence-corrected chi connectivity index (χ4v) is 2.15. The first-order valence-corrected chi connectivity index (χ1v) is 7.28. The summed E-state index contributed by atoms with van der Waals surface area (Å²) in [5, 5.41) is 0. The minimum Gasteiger partial charge on any atom is -0.465 e. The lowest BCUT2D eigenvalue weighted by Crippen LogP contribution is -2.24. The fourth-order valence-electron chi connectivity index (χ4n) is 2.15. The molecular weight excluding hydrogens is 256 g/mol. The van der Waals surface area contributed by atoms with E-state index in [-0.39, 0.29) is 11.8 Å². The Kier molecular flexibility index (Phi) is 7.62. The lowest BCUT2D eigenvalue weighted by molar-refractivity contribution is -0.151. The molecule has 0 saturated carbocycles. The van der Waals surface area contributed by atoms with Crippen molar-refractivity contribution < 1.29 is 14.3 Å². The largest absolute Gasteiger partial charge is 0.465 e. The van der Waals surface area contributed by atoms with E-state index in [0.717, 1.165) is 32.2 Å². The van der Waals surface area contributed by atoms with Crippen LogP contribution < -0.4 is 0 Å². The van der Waals surface area contributed by atoms with Crippen molar-refractivity contribution in [3.8, 4) is 0 Å². The van der Waals surface area contributed by atoms with Crippen molar-refractivity contribution in [2.45, 2.75) is 52.5 Å². The van der Waals surface area contributed by atoms with Crippen LogP contribution in [0.3, 0.4) is 0 Å². The Morgan fingerprint density at radius 3 is 2.60 bits per heavy atom. The lowest BCUT2D eigenvalue weighted by atomic mass is 9.97. The number of imidazole rings is 1. The number of hydrogen-bond acceptors (Lipinski definition) is 4. The number of hydrogen-bond donors (Lipinski definition) is 0. The molecular formula is C15H24N2O3. The number of carbonyl (C=O) groups is 2. The predicted molar refractivity (Wildman–Crippen MR) is 76.1 cm³/mol. The highest BCUT2D eigenvalue weighted by molar-refractivity contribution is 5.97. The van der Waals surface area contributed by atoms with E-state index in [0.29, 0.717) is 13.0 Å². The van der Waals surface area contributed by atoms with Crippen molar-refractivity contribution in [1.82, 2.24) is 9.55 Å². The van der Waals surface area contributed by atoms with Gasteiger partial charge in [-0.1, -0.05) is 19.3 Å². The van der Waals surface area contributed by atoms with Crippen LogP contribution in [0.5, 0.6) is 0 Å². The van der Waals surface area contributed by atoms with Crippen LogP contribution in [-0.2, 0) is 20.9 Å². The number of unbranched alkanes of at least 4 members (excludes halogenated alkanes) is 3. The van der Waals surface area contributed by atoms with E-state index in [9.17, 15) is 9.59 Å². The van der Waals surface area contributed by atoms with Crippen molar-refractivity contribution in [3.05, 3.63) is 18.7 Å². The average Bonchev–Trinajstić information content (AvgIpc) is 2.90. The van der Waals surface area contributed by atoms with Crippen molar-refractivity contribution in [1.29, 1.82) is 0 Å². The summed E-state index contributed by atoms with van der Waals surface area (Å²) in [6.45, 7) is 4.51. The number of esters is 1. The van der Waals surface area contributed by atoms with Crippen LogP contribution in [0, 0.1) is 5.92 Å². The maximum atomic E-state index is 11.6. The highest BCUT2D eigenvalue weighted by Crippen LogP contribution is 2.14. The third-order valence-corrected chi connectivity index (χ3v) is 3.28. The van der Waals surface area contributed by atoms with Crippen LogP contribution in [-0.4, -0.2) is 27.9 Å². The molecule has 0 fully saturated rings. The van der Waals surface area contributed by atoms with Crippen LogP contribution in [0.4, 0.5) is 0 Å². The van der Waals surface area contributed by atoms with Crippen LogP contribution in [0.1, 0.15) is 46.0 Å². The average molecular weight is 280 g/mol. The normalized spacial score (nSPS) is 12.1. The van der Waals surface area contributed by atoms with Gasteiger partial charge in [-0.15, -0.1) is 0 Å². The Morgan fingerprint density at radius 1 is 1.25 bits per heavy atom. The summed E-state index contributed by atoms with van der Waals surface area (Å²) in [7, 11) is 0. The summed E-state index contributed by atoms with van der Waals surface area (Å²) in [4.78, 5) is 27.0. The molecule has 1 heterocycles. The van der Waals surface area contributed by atoms with Crippen LogP contribution >= 0.6 is 0 Å². The van der Waals surface area contributed by atoms with Gasteiger partial charge in [-0.3, -0.25) is 9.59 Å². The number of Topliss-reactive ketones (excluding diaryl/α,β-unsaturated/α-hetero) is 1. The highest BCUT2D eigenvalue weighted by Gasteiger charge is 2.23. The van der Waals surface area contributed by atoms with Crippen molar-refractivity contribution in [3.63, 3.8) is 0 Å². The van der Waals surface area contributed by atoms with E-state index in [1.54, 1.807) is 13.1 Å². The standard InChI is InChI=1S/C15H24N2O3/c1-3-20-15(19)14(13(2)18)8-6-4-5-7-10-17-11-9-16-12-17/h9,11-12,14H,3-8,10H2,1-2H3/t14-/m1/s1. The second kappa shape index (κ2) is 9.28. The molecule has 0 unspecified atom stereocenters. The van der Waals surface area contributed by atoms with Gasteiger partial charge in [-0.2, -0.15) is 0 Å². The van der Waals surface area contributed by atoms with E-state index in [1.807, 2.05) is 12.5 Å². The van der Waals surface area contributed by atoms with Gasteiger partial charge in [-0.05, 0) is 26.7 Å². The second-order valence-electron chi connectivity index (χ2n) is 4.92. The summed E-state index contributed by atoms with van der Waals surface area (Å²) in [5.41, 5.74) is 0. The van der Waals surface area contributed by atoms with Gasteiger partial charge >= 0.3 is 5.97 Å². The molecule has 5 heteroatoms.